The summed E-state index contributed by atoms with van der Waals surface area (Å²) in [7, 11) is 2.99. The van der Waals surface area contributed by atoms with Crippen LogP contribution in [0, 0.1) is 5.82 Å². The lowest BCUT2D eigenvalue weighted by molar-refractivity contribution is -0.0720. The summed E-state index contributed by atoms with van der Waals surface area (Å²) in [5.74, 6) is -0.386. The molecule has 20 heavy (non-hydrogen) atoms. The van der Waals surface area contributed by atoms with Gasteiger partial charge in [0.15, 0.2) is 5.82 Å². The molecule has 0 spiro atoms. The largest absolute Gasteiger partial charge is 0.479 e. The highest BCUT2D eigenvalue weighted by Crippen LogP contribution is 2.25. The molecule has 0 aromatic carbocycles. The van der Waals surface area contributed by atoms with Gasteiger partial charge >= 0.3 is 0 Å². The van der Waals surface area contributed by atoms with Crippen LogP contribution in [0.2, 0.25) is 0 Å². The van der Waals surface area contributed by atoms with Crippen LogP contribution in [-0.4, -0.2) is 54.5 Å². The number of piperidine rings is 1. The zero-order chi connectivity index (χ0) is 14.6. The fourth-order valence-corrected chi connectivity index (χ4v) is 2.51. The van der Waals surface area contributed by atoms with Crippen LogP contribution in [0.3, 0.4) is 0 Å². The maximum absolute atomic E-state index is 14.0. The monoisotopic (exact) mass is 284 g/mol. The normalized spacial score (nSPS) is 19.0. The van der Waals surface area contributed by atoms with E-state index in [1.807, 2.05) is 0 Å². The van der Waals surface area contributed by atoms with Crippen molar-refractivity contribution < 1.29 is 19.0 Å². The summed E-state index contributed by atoms with van der Waals surface area (Å²) < 4.78 is 23.9. The summed E-state index contributed by atoms with van der Waals surface area (Å²) >= 11 is 0. The minimum atomic E-state index is -0.750. The number of ether oxygens (including phenoxy) is 2. The smallest absolute Gasteiger partial charge is 0.250 e. The molecule has 0 bridgehead atoms. The van der Waals surface area contributed by atoms with Crippen molar-refractivity contribution in [2.45, 2.75) is 25.0 Å². The van der Waals surface area contributed by atoms with Gasteiger partial charge in [0.05, 0.1) is 19.3 Å². The van der Waals surface area contributed by atoms with Crippen LogP contribution in [0.5, 0.6) is 5.88 Å². The molecule has 1 aromatic rings. The molecule has 0 unspecified atom stereocenters. The van der Waals surface area contributed by atoms with Crippen LogP contribution in [0.1, 0.15) is 18.4 Å². The van der Waals surface area contributed by atoms with E-state index in [-0.39, 0.29) is 5.88 Å². The number of aromatic nitrogens is 1. The summed E-state index contributed by atoms with van der Waals surface area (Å²) in [6, 6.07) is 1.66. The van der Waals surface area contributed by atoms with Gasteiger partial charge in [0.1, 0.15) is 0 Å². The first-order valence-electron chi connectivity index (χ1n) is 6.69. The van der Waals surface area contributed by atoms with Crippen molar-refractivity contribution in [1.82, 2.24) is 9.88 Å². The Balaban J connectivity index is 1.96. The van der Waals surface area contributed by atoms with Crippen LogP contribution in [0.4, 0.5) is 4.39 Å². The van der Waals surface area contributed by atoms with Gasteiger partial charge in [-0.2, -0.15) is 0 Å². The molecule has 1 aromatic heterocycles. The molecule has 1 N–H and O–H groups in total. The molecule has 5 nitrogen and oxygen atoms in total. The fraction of sp³-hybridized carbons (Fsp3) is 0.643. The topological polar surface area (TPSA) is 54.8 Å². The number of nitrogens with zero attached hydrogens (tertiary/aromatic N) is 2. The van der Waals surface area contributed by atoms with Gasteiger partial charge in [-0.25, -0.2) is 9.37 Å². The summed E-state index contributed by atoms with van der Waals surface area (Å²) in [6.45, 7) is 2.26. The SMILES string of the molecule is COCC1(O)CCN(Cc2ccnc(OC)c2F)CC1. The molecule has 0 amide bonds. The Hall–Kier alpha value is -1.24. The van der Waals surface area contributed by atoms with E-state index in [0.717, 1.165) is 0 Å². The zero-order valence-corrected chi connectivity index (χ0v) is 11.9. The minimum absolute atomic E-state index is 0.0235. The van der Waals surface area contributed by atoms with Gasteiger partial charge in [0, 0.05) is 38.5 Å². The summed E-state index contributed by atoms with van der Waals surface area (Å²) in [6.07, 6.45) is 2.80. The zero-order valence-electron chi connectivity index (χ0n) is 11.9. The Morgan fingerprint density at radius 2 is 2.10 bits per heavy atom. The van der Waals surface area contributed by atoms with Crippen LogP contribution in [0.25, 0.3) is 0 Å². The Morgan fingerprint density at radius 1 is 1.40 bits per heavy atom. The Labute approximate surface area is 118 Å². The second-order valence-electron chi connectivity index (χ2n) is 5.23. The van der Waals surface area contributed by atoms with E-state index in [9.17, 15) is 9.50 Å². The van der Waals surface area contributed by atoms with E-state index >= 15 is 0 Å². The average molecular weight is 284 g/mol. The highest BCUT2D eigenvalue weighted by Gasteiger charge is 2.32. The summed E-state index contributed by atoms with van der Waals surface area (Å²) in [4.78, 5) is 5.94. The third-order valence-corrected chi connectivity index (χ3v) is 3.72. The van der Waals surface area contributed by atoms with E-state index in [1.165, 1.54) is 7.11 Å². The maximum Gasteiger partial charge on any atom is 0.250 e. The second-order valence-corrected chi connectivity index (χ2v) is 5.23. The molecule has 1 fully saturated rings. The molecule has 0 radical (unpaired) electrons. The molecule has 0 saturated carbocycles. The van der Waals surface area contributed by atoms with E-state index < -0.39 is 11.4 Å². The van der Waals surface area contributed by atoms with Gasteiger partial charge in [-0.15, -0.1) is 0 Å². The standard InChI is InChI=1S/C14H21FN2O3/c1-19-10-14(18)4-7-17(8-5-14)9-11-3-6-16-13(20-2)12(11)15/h3,6,18H,4-5,7-10H2,1-2H3. The predicted octanol–water partition coefficient (Wildman–Crippen LogP) is 1.20. The lowest BCUT2D eigenvalue weighted by atomic mass is 9.92. The van der Waals surface area contributed by atoms with Gasteiger partial charge < -0.3 is 14.6 Å². The van der Waals surface area contributed by atoms with Gasteiger partial charge in [-0.05, 0) is 18.9 Å². The summed E-state index contributed by atoms with van der Waals surface area (Å²) in [5.41, 5.74) is -0.186. The van der Waals surface area contributed by atoms with E-state index in [0.29, 0.717) is 44.6 Å². The molecule has 112 valence electrons. The number of hydrogen-bond donors (Lipinski definition) is 1. The van der Waals surface area contributed by atoms with Crippen molar-refractivity contribution in [3.8, 4) is 5.88 Å². The quantitative estimate of drug-likeness (QED) is 0.880. The van der Waals surface area contributed by atoms with Gasteiger partial charge in [-0.3, -0.25) is 4.90 Å². The molecule has 2 heterocycles. The molecule has 0 aliphatic carbocycles. The van der Waals surface area contributed by atoms with Crippen molar-refractivity contribution >= 4 is 0 Å². The predicted molar refractivity (Wildman–Crippen MR) is 72.1 cm³/mol. The molecule has 1 aliphatic heterocycles. The van der Waals surface area contributed by atoms with Gasteiger partial charge in [0.2, 0.25) is 5.88 Å². The van der Waals surface area contributed by atoms with Crippen molar-refractivity contribution in [2.24, 2.45) is 0 Å². The molecular formula is C14H21FN2O3. The van der Waals surface area contributed by atoms with Gasteiger partial charge in [-0.1, -0.05) is 0 Å². The first-order valence-corrected chi connectivity index (χ1v) is 6.69. The van der Waals surface area contributed by atoms with E-state index in [2.05, 4.69) is 9.88 Å². The highest BCUT2D eigenvalue weighted by molar-refractivity contribution is 5.23. The third-order valence-electron chi connectivity index (χ3n) is 3.72. The lowest BCUT2D eigenvalue weighted by Gasteiger charge is -2.37. The molecule has 1 saturated heterocycles. The van der Waals surface area contributed by atoms with Gasteiger partial charge in [0.25, 0.3) is 0 Å². The van der Waals surface area contributed by atoms with E-state index in [1.54, 1.807) is 19.4 Å². The number of methoxy groups -OCH3 is 2. The average Bonchev–Trinajstić information content (AvgIpc) is 2.44. The summed E-state index contributed by atoms with van der Waals surface area (Å²) in [5, 5.41) is 10.2. The van der Waals surface area contributed by atoms with Crippen molar-refractivity contribution in [3.63, 3.8) is 0 Å². The Bertz CT molecular complexity index is 448. The minimum Gasteiger partial charge on any atom is -0.479 e. The van der Waals surface area contributed by atoms with E-state index in [4.69, 9.17) is 9.47 Å². The number of aliphatic hydroxyl groups is 1. The Morgan fingerprint density at radius 3 is 2.70 bits per heavy atom. The number of rotatable bonds is 5. The molecular weight excluding hydrogens is 263 g/mol. The first-order chi connectivity index (χ1) is 9.58. The third kappa shape index (κ3) is 3.45. The molecule has 2 rings (SSSR count). The van der Waals surface area contributed by atoms with Crippen molar-refractivity contribution in [1.29, 1.82) is 0 Å². The Kier molecular flexibility index (Phi) is 4.91. The maximum atomic E-state index is 14.0. The second kappa shape index (κ2) is 6.47. The number of pyridine rings is 1. The highest BCUT2D eigenvalue weighted by atomic mass is 19.1. The van der Waals surface area contributed by atoms with Crippen LogP contribution < -0.4 is 4.74 Å². The number of likely N-dealkylation sites (tertiary alicyclic amines) is 1. The fourth-order valence-electron chi connectivity index (χ4n) is 2.51. The van der Waals surface area contributed by atoms with Crippen molar-refractivity contribution in [3.05, 3.63) is 23.6 Å². The van der Waals surface area contributed by atoms with Crippen LogP contribution in [-0.2, 0) is 11.3 Å². The van der Waals surface area contributed by atoms with Crippen molar-refractivity contribution in [2.75, 3.05) is 33.9 Å². The van der Waals surface area contributed by atoms with Crippen LogP contribution in [0.15, 0.2) is 12.3 Å². The molecule has 0 atom stereocenters. The molecule has 1 aliphatic rings. The van der Waals surface area contributed by atoms with Crippen LogP contribution >= 0.6 is 0 Å². The number of hydrogen-bond acceptors (Lipinski definition) is 5. The lowest BCUT2D eigenvalue weighted by Crippen LogP contribution is -2.46. The molecule has 6 heteroatoms. The first kappa shape index (κ1) is 15.2. The number of halogens is 1.